The molecular formula is C9H10O. The lowest BCUT2D eigenvalue weighted by atomic mass is 9.88. The zero-order chi connectivity index (χ0) is 6.97. The van der Waals surface area contributed by atoms with Gasteiger partial charge >= 0.3 is 0 Å². The summed E-state index contributed by atoms with van der Waals surface area (Å²) in [6.07, 6.45) is 2.42. The smallest absolute Gasteiger partial charge is 0.122 e. The van der Waals surface area contributed by atoms with Gasteiger partial charge in [-0.3, -0.25) is 0 Å². The molecule has 10 heavy (non-hydrogen) atoms. The van der Waals surface area contributed by atoms with Crippen LogP contribution in [0.25, 0.3) is 0 Å². The Morgan fingerprint density at radius 2 is 2.20 bits per heavy atom. The molecule has 2 rings (SSSR count). The van der Waals surface area contributed by atoms with E-state index in [-0.39, 0.29) is 0 Å². The molecular weight excluding hydrogens is 124 g/mol. The molecule has 0 aromatic heterocycles. The van der Waals surface area contributed by atoms with Crippen molar-refractivity contribution in [2.75, 3.05) is 7.11 Å². The van der Waals surface area contributed by atoms with Gasteiger partial charge in [0.15, 0.2) is 0 Å². The molecule has 0 N–H and O–H groups in total. The predicted octanol–water partition coefficient (Wildman–Crippen LogP) is 1.79. The van der Waals surface area contributed by atoms with Crippen molar-refractivity contribution in [3.8, 4) is 5.75 Å². The molecule has 0 fully saturated rings. The third-order valence-corrected chi connectivity index (χ3v) is 2.09. The van der Waals surface area contributed by atoms with Crippen LogP contribution in [0.15, 0.2) is 18.2 Å². The highest BCUT2D eigenvalue weighted by Crippen LogP contribution is 2.30. The maximum Gasteiger partial charge on any atom is 0.122 e. The fraction of sp³-hybridized carbons (Fsp3) is 0.333. The van der Waals surface area contributed by atoms with Crippen molar-refractivity contribution >= 4 is 0 Å². The molecule has 1 aliphatic rings. The van der Waals surface area contributed by atoms with Crippen LogP contribution in [0.2, 0.25) is 0 Å². The normalized spacial score (nSPS) is 13.7. The van der Waals surface area contributed by atoms with Gasteiger partial charge in [-0.15, -0.1) is 0 Å². The lowest BCUT2D eigenvalue weighted by Crippen LogP contribution is -2.09. The van der Waals surface area contributed by atoms with Crippen molar-refractivity contribution in [3.63, 3.8) is 0 Å². The molecule has 0 spiro atoms. The van der Waals surface area contributed by atoms with E-state index < -0.39 is 0 Å². The Kier molecular flexibility index (Phi) is 1.16. The molecule has 0 amide bonds. The first kappa shape index (κ1) is 5.78. The Hall–Kier alpha value is -0.980. The summed E-state index contributed by atoms with van der Waals surface area (Å²) in [5.74, 6) is 1.06. The zero-order valence-corrected chi connectivity index (χ0v) is 6.05. The Morgan fingerprint density at radius 1 is 1.30 bits per heavy atom. The minimum absolute atomic E-state index is 1.06. The Balaban J connectivity index is 2.51. The van der Waals surface area contributed by atoms with Gasteiger partial charge in [-0.25, -0.2) is 0 Å². The Bertz CT molecular complexity index is 253. The molecule has 1 heteroatoms. The first-order valence-electron chi connectivity index (χ1n) is 3.56. The number of aryl methyl sites for hydroxylation is 1. The van der Waals surface area contributed by atoms with E-state index in [4.69, 9.17) is 4.74 Å². The first-order chi connectivity index (χ1) is 4.92. The lowest BCUT2D eigenvalue weighted by molar-refractivity contribution is 0.405. The number of methoxy groups -OCH3 is 1. The van der Waals surface area contributed by atoms with Gasteiger partial charge in [0, 0.05) is 0 Å². The van der Waals surface area contributed by atoms with Crippen LogP contribution < -0.4 is 4.74 Å². The molecule has 0 unspecified atom stereocenters. The first-order valence-corrected chi connectivity index (χ1v) is 3.56. The van der Waals surface area contributed by atoms with Crippen LogP contribution in [-0.4, -0.2) is 7.11 Å². The number of hydrogen-bond donors (Lipinski definition) is 0. The van der Waals surface area contributed by atoms with Gasteiger partial charge in [0.2, 0.25) is 0 Å². The van der Waals surface area contributed by atoms with Gasteiger partial charge in [-0.1, -0.05) is 12.1 Å². The van der Waals surface area contributed by atoms with Gasteiger partial charge in [0.05, 0.1) is 7.11 Å². The third kappa shape index (κ3) is 0.635. The molecule has 1 aromatic rings. The van der Waals surface area contributed by atoms with Gasteiger partial charge < -0.3 is 4.74 Å². The molecule has 0 aliphatic heterocycles. The largest absolute Gasteiger partial charge is 0.496 e. The monoisotopic (exact) mass is 134 g/mol. The lowest BCUT2D eigenvalue weighted by Gasteiger charge is -2.20. The van der Waals surface area contributed by atoms with Gasteiger partial charge in [0.1, 0.15) is 5.75 Å². The molecule has 0 saturated carbocycles. The Labute approximate surface area is 60.6 Å². The minimum Gasteiger partial charge on any atom is -0.496 e. The third-order valence-electron chi connectivity index (χ3n) is 2.09. The van der Waals surface area contributed by atoms with E-state index in [1.165, 1.54) is 24.0 Å². The minimum atomic E-state index is 1.06. The SMILES string of the molecule is COc1cccc2c1CC2. The predicted molar refractivity (Wildman–Crippen MR) is 40.4 cm³/mol. The summed E-state index contributed by atoms with van der Waals surface area (Å²) in [5, 5.41) is 0. The number of benzene rings is 1. The van der Waals surface area contributed by atoms with E-state index in [2.05, 4.69) is 12.1 Å². The van der Waals surface area contributed by atoms with Crippen molar-refractivity contribution in [2.45, 2.75) is 12.8 Å². The molecule has 52 valence electrons. The fourth-order valence-corrected chi connectivity index (χ4v) is 1.40. The molecule has 0 radical (unpaired) electrons. The van der Waals surface area contributed by atoms with Crippen molar-refractivity contribution in [1.29, 1.82) is 0 Å². The second-order valence-corrected chi connectivity index (χ2v) is 2.60. The highest BCUT2D eigenvalue weighted by Gasteiger charge is 2.16. The molecule has 1 aliphatic carbocycles. The number of ether oxygens (including phenoxy) is 1. The van der Waals surface area contributed by atoms with E-state index in [0.717, 1.165) is 5.75 Å². The van der Waals surface area contributed by atoms with E-state index in [1.807, 2.05) is 6.07 Å². The van der Waals surface area contributed by atoms with Crippen molar-refractivity contribution < 1.29 is 4.74 Å². The van der Waals surface area contributed by atoms with Crippen LogP contribution >= 0.6 is 0 Å². The zero-order valence-electron chi connectivity index (χ0n) is 6.05. The summed E-state index contributed by atoms with van der Waals surface area (Å²) in [5.41, 5.74) is 2.87. The molecule has 0 saturated heterocycles. The van der Waals surface area contributed by atoms with Crippen molar-refractivity contribution in [1.82, 2.24) is 0 Å². The maximum atomic E-state index is 5.18. The average Bonchev–Trinajstić information content (AvgIpc) is 1.91. The summed E-state index contributed by atoms with van der Waals surface area (Å²) in [7, 11) is 1.73. The van der Waals surface area contributed by atoms with Gasteiger partial charge in [-0.05, 0) is 30.0 Å². The van der Waals surface area contributed by atoms with Crippen molar-refractivity contribution in [3.05, 3.63) is 29.3 Å². The summed E-state index contributed by atoms with van der Waals surface area (Å²) in [6.45, 7) is 0. The summed E-state index contributed by atoms with van der Waals surface area (Å²) >= 11 is 0. The van der Waals surface area contributed by atoms with Crippen LogP contribution in [0.5, 0.6) is 5.75 Å². The van der Waals surface area contributed by atoms with E-state index in [9.17, 15) is 0 Å². The summed E-state index contributed by atoms with van der Waals surface area (Å²) < 4.78 is 5.18. The number of fused-ring (bicyclic) bond motifs is 1. The van der Waals surface area contributed by atoms with Crippen molar-refractivity contribution in [2.24, 2.45) is 0 Å². The maximum absolute atomic E-state index is 5.18. The number of hydrogen-bond acceptors (Lipinski definition) is 1. The van der Waals surface area contributed by atoms with Crippen LogP contribution in [0, 0.1) is 0 Å². The highest BCUT2D eigenvalue weighted by molar-refractivity contribution is 5.45. The van der Waals surface area contributed by atoms with Crippen LogP contribution in [0.4, 0.5) is 0 Å². The highest BCUT2D eigenvalue weighted by atomic mass is 16.5. The van der Waals surface area contributed by atoms with E-state index >= 15 is 0 Å². The quantitative estimate of drug-likeness (QED) is 0.569. The molecule has 1 nitrogen and oxygen atoms in total. The molecule has 1 aromatic carbocycles. The van der Waals surface area contributed by atoms with Gasteiger partial charge in [-0.2, -0.15) is 0 Å². The molecule has 0 bridgehead atoms. The Morgan fingerprint density at radius 3 is 2.70 bits per heavy atom. The topological polar surface area (TPSA) is 9.23 Å². The standard InChI is InChI=1S/C9H10O/c1-10-9-4-2-3-7-5-6-8(7)9/h2-4H,5-6H2,1H3. The van der Waals surface area contributed by atoms with Crippen LogP contribution in [0.1, 0.15) is 11.1 Å². The van der Waals surface area contributed by atoms with Gasteiger partial charge in [0.25, 0.3) is 0 Å². The molecule has 0 heterocycles. The average molecular weight is 134 g/mol. The molecule has 0 atom stereocenters. The van der Waals surface area contributed by atoms with Crippen LogP contribution in [0.3, 0.4) is 0 Å². The number of rotatable bonds is 1. The summed E-state index contributed by atoms with van der Waals surface area (Å²) in [6, 6.07) is 6.25. The van der Waals surface area contributed by atoms with E-state index in [1.54, 1.807) is 7.11 Å². The second kappa shape index (κ2) is 2.01. The second-order valence-electron chi connectivity index (χ2n) is 2.60. The van der Waals surface area contributed by atoms with E-state index in [0.29, 0.717) is 0 Å². The van der Waals surface area contributed by atoms with Crippen LogP contribution in [-0.2, 0) is 12.8 Å². The summed E-state index contributed by atoms with van der Waals surface area (Å²) in [4.78, 5) is 0. The fourth-order valence-electron chi connectivity index (χ4n) is 1.40.